The van der Waals surface area contributed by atoms with Gasteiger partial charge in [-0.25, -0.2) is 4.98 Å². The van der Waals surface area contributed by atoms with Crippen molar-refractivity contribution >= 4 is 17.2 Å². The first-order chi connectivity index (χ1) is 10.2. The molecule has 0 unspecified atom stereocenters. The number of aromatic nitrogens is 2. The number of ether oxygens (including phenoxy) is 1. The van der Waals surface area contributed by atoms with Crippen molar-refractivity contribution in [3.05, 3.63) is 40.5 Å². The molecular weight excluding hydrogens is 286 g/mol. The van der Waals surface area contributed by atoms with E-state index in [-0.39, 0.29) is 12.0 Å². The zero-order valence-electron chi connectivity index (χ0n) is 11.9. The summed E-state index contributed by atoms with van der Waals surface area (Å²) < 4.78 is 5.78. The minimum atomic E-state index is 0.107. The molecule has 3 heterocycles. The Balaban J connectivity index is 1.54. The van der Waals surface area contributed by atoms with Crippen LogP contribution in [0.1, 0.15) is 28.1 Å². The molecule has 0 atom stereocenters. The van der Waals surface area contributed by atoms with Crippen LogP contribution < -0.4 is 4.74 Å². The van der Waals surface area contributed by atoms with Crippen LogP contribution in [0.5, 0.6) is 5.88 Å². The first-order valence-corrected chi connectivity index (χ1v) is 7.87. The third kappa shape index (κ3) is 3.39. The fourth-order valence-corrected chi connectivity index (χ4v) is 3.26. The number of piperidine rings is 1. The van der Waals surface area contributed by atoms with Crippen molar-refractivity contribution in [2.75, 3.05) is 13.1 Å². The molecule has 3 rings (SSSR count). The first kappa shape index (κ1) is 14.0. The van der Waals surface area contributed by atoms with Gasteiger partial charge in [0.05, 0.1) is 11.1 Å². The SMILES string of the molecule is Cc1csc(C(=O)N2CCC(Oc3cnccn3)CC2)c1. The lowest BCUT2D eigenvalue weighted by molar-refractivity contribution is 0.0591. The molecule has 0 bridgehead atoms. The highest BCUT2D eigenvalue weighted by molar-refractivity contribution is 7.12. The molecule has 0 spiro atoms. The number of hydrogen-bond donors (Lipinski definition) is 0. The van der Waals surface area contributed by atoms with Crippen LogP contribution in [0.25, 0.3) is 0 Å². The van der Waals surface area contributed by atoms with Gasteiger partial charge in [0, 0.05) is 38.3 Å². The Hall–Kier alpha value is -1.95. The van der Waals surface area contributed by atoms with Gasteiger partial charge < -0.3 is 9.64 Å². The monoisotopic (exact) mass is 303 g/mol. The number of likely N-dealkylation sites (tertiary alicyclic amines) is 1. The molecule has 1 amide bonds. The van der Waals surface area contributed by atoms with Crippen molar-refractivity contribution in [3.63, 3.8) is 0 Å². The Morgan fingerprint density at radius 2 is 2.19 bits per heavy atom. The van der Waals surface area contributed by atoms with Gasteiger partial charge in [0.15, 0.2) is 0 Å². The van der Waals surface area contributed by atoms with Gasteiger partial charge in [-0.2, -0.15) is 0 Å². The lowest BCUT2D eigenvalue weighted by atomic mass is 10.1. The lowest BCUT2D eigenvalue weighted by Crippen LogP contribution is -2.41. The number of rotatable bonds is 3. The van der Waals surface area contributed by atoms with Crippen LogP contribution in [0.4, 0.5) is 0 Å². The lowest BCUT2D eigenvalue weighted by Gasteiger charge is -2.31. The molecule has 0 N–H and O–H groups in total. The van der Waals surface area contributed by atoms with E-state index >= 15 is 0 Å². The van der Waals surface area contributed by atoms with E-state index in [0.29, 0.717) is 5.88 Å². The molecule has 1 saturated heterocycles. The Morgan fingerprint density at radius 1 is 1.38 bits per heavy atom. The highest BCUT2D eigenvalue weighted by Crippen LogP contribution is 2.21. The summed E-state index contributed by atoms with van der Waals surface area (Å²) in [6, 6.07) is 1.95. The van der Waals surface area contributed by atoms with Crippen LogP contribution in [-0.4, -0.2) is 40.0 Å². The molecule has 0 aliphatic carbocycles. The first-order valence-electron chi connectivity index (χ1n) is 6.99. The number of carbonyl (C=O) groups is 1. The maximum Gasteiger partial charge on any atom is 0.263 e. The third-order valence-electron chi connectivity index (χ3n) is 3.50. The predicted octanol–water partition coefficient (Wildman–Crippen LogP) is 2.53. The van der Waals surface area contributed by atoms with Gasteiger partial charge in [-0.05, 0) is 23.9 Å². The van der Waals surface area contributed by atoms with Crippen molar-refractivity contribution in [2.45, 2.75) is 25.9 Å². The second-order valence-corrected chi connectivity index (χ2v) is 6.05. The normalized spacial score (nSPS) is 16.0. The summed E-state index contributed by atoms with van der Waals surface area (Å²) in [5.41, 5.74) is 1.14. The molecule has 1 aliphatic rings. The van der Waals surface area contributed by atoms with E-state index < -0.39 is 0 Å². The van der Waals surface area contributed by atoms with Crippen LogP contribution in [-0.2, 0) is 0 Å². The average molecular weight is 303 g/mol. The largest absolute Gasteiger partial charge is 0.473 e. The van der Waals surface area contributed by atoms with Gasteiger partial charge in [-0.1, -0.05) is 0 Å². The highest BCUT2D eigenvalue weighted by Gasteiger charge is 2.25. The smallest absolute Gasteiger partial charge is 0.263 e. The van der Waals surface area contributed by atoms with E-state index in [1.54, 1.807) is 18.6 Å². The Morgan fingerprint density at radius 3 is 2.81 bits per heavy atom. The number of aryl methyl sites for hydroxylation is 1. The van der Waals surface area contributed by atoms with Gasteiger partial charge in [-0.3, -0.25) is 9.78 Å². The minimum absolute atomic E-state index is 0.107. The molecular formula is C15H17N3O2S. The zero-order chi connectivity index (χ0) is 14.7. The number of thiophene rings is 1. The van der Waals surface area contributed by atoms with E-state index in [2.05, 4.69) is 9.97 Å². The molecule has 2 aromatic heterocycles. The highest BCUT2D eigenvalue weighted by atomic mass is 32.1. The van der Waals surface area contributed by atoms with Crippen molar-refractivity contribution in [2.24, 2.45) is 0 Å². The predicted molar refractivity (Wildman–Crippen MR) is 80.6 cm³/mol. The van der Waals surface area contributed by atoms with Gasteiger partial charge in [0.25, 0.3) is 5.91 Å². The maximum atomic E-state index is 12.4. The molecule has 0 saturated carbocycles. The molecule has 0 radical (unpaired) electrons. The Labute approximate surface area is 127 Å². The summed E-state index contributed by atoms with van der Waals surface area (Å²) in [6.07, 6.45) is 6.62. The summed E-state index contributed by atoms with van der Waals surface area (Å²) >= 11 is 1.51. The molecule has 5 nitrogen and oxygen atoms in total. The van der Waals surface area contributed by atoms with E-state index in [9.17, 15) is 4.79 Å². The number of hydrogen-bond acceptors (Lipinski definition) is 5. The van der Waals surface area contributed by atoms with Crippen molar-refractivity contribution in [1.29, 1.82) is 0 Å². The second kappa shape index (κ2) is 6.22. The molecule has 1 fully saturated rings. The van der Waals surface area contributed by atoms with Crippen LogP contribution in [0, 0.1) is 6.92 Å². The van der Waals surface area contributed by atoms with E-state index in [0.717, 1.165) is 36.4 Å². The summed E-state index contributed by atoms with van der Waals surface area (Å²) in [7, 11) is 0. The van der Waals surface area contributed by atoms with E-state index in [1.807, 2.05) is 23.3 Å². The molecule has 6 heteroatoms. The average Bonchev–Trinajstić information content (AvgIpc) is 2.95. The summed E-state index contributed by atoms with van der Waals surface area (Å²) in [5.74, 6) is 0.683. The topological polar surface area (TPSA) is 55.3 Å². The van der Waals surface area contributed by atoms with Crippen molar-refractivity contribution in [1.82, 2.24) is 14.9 Å². The quantitative estimate of drug-likeness (QED) is 0.874. The second-order valence-electron chi connectivity index (χ2n) is 5.14. The minimum Gasteiger partial charge on any atom is -0.473 e. The molecule has 2 aromatic rings. The summed E-state index contributed by atoms with van der Waals surface area (Å²) in [5, 5.41) is 2.01. The zero-order valence-corrected chi connectivity index (χ0v) is 12.7. The molecule has 110 valence electrons. The van der Waals surface area contributed by atoms with Gasteiger partial charge in [0.2, 0.25) is 5.88 Å². The summed E-state index contributed by atoms with van der Waals surface area (Å²) in [4.78, 5) is 23.2. The van der Waals surface area contributed by atoms with E-state index in [1.165, 1.54) is 11.3 Å². The molecule has 1 aliphatic heterocycles. The number of amides is 1. The van der Waals surface area contributed by atoms with Crippen molar-refractivity contribution < 1.29 is 9.53 Å². The fraction of sp³-hybridized carbons (Fsp3) is 0.400. The van der Waals surface area contributed by atoms with Crippen molar-refractivity contribution in [3.8, 4) is 5.88 Å². The maximum absolute atomic E-state index is 12.4. The van der Waals surface area contributed by atoms with Crippen LogP contribution in [0.15, 0.2) is 30.0 Å². The van der Waals surface area contributed by atoms with Gasteiger partial charge in [0.1, 0.15) is 6.10 Å². The Kier molecular flexibility index (Phi) is 4.15. The van der Waals surface area contributed by atoms with Gasteiger partial charge in [-0.15, -0.1) is 11.3 Å². The standard InChI is InChI=1S/C15H17N3O2S/c1-11-8-13(21-10-11)15(19)18-6-2-12(3-7-18)20-14-9-16-4-5-17-14/h4-5,8-10,12H,2-3,6-7H2,1H3. The molecule has 0 aromatic carbocycles. The number of nitrogens with zero attached hydrogens (tertiary/aromatic N) is 3. The van der Waals surface area contributed by atoms with Gasteiger partial charge >= 0.3 is 0 Å². The fourth-order valence-electron chi connectivity index (χ4n) is 2.39. The summed E-state index contributed by atoms with van der Waals surface area (Å²) in [6.45, 7) is 3.45. The molecule has 21 heavy (non-hydrogen) atoms. The van der Waals surface area contributed by atoms with Crippen LogP contribution in [0.3, 0.4) is 0 Å². The Bertz CT molecular complexity index is 606. The third-order valence-corrected chi connectivity index (χ3v) is 4.53. The van der Waals surface area contributed by atoms with Crippen LogP contribution >= 0.6 is 11.3 Å². The van der Waals surface area contributed by atoms with Crippen LogP contribution in [0.2, 0.25) is 0 Å². The van der Waals surface area contributed by atoms with E-state index in [4.69, 9.17) is 4.74 Å². The number of carbonyl (C=O) groups excluding carboxylic acids is 1.